The van der Waals surface area contributed by atoms with Crippen molar-refractivity contribution < 1.29 is 23.9 Å². The summed E-state index contributed by atoms with van der Waals surface area (Å²) in [5.74, 6) is 0.0407. The van der Waals surface area contributed by atoms with Crippen LogP contribution in [0.15, 0.2) is 58.1 Å². The molecule has 0 radical (unpaired) electrons. The van der Waals surface area contributed by atoms with Gasteiger partial charge < -0.3 is 9.52 Å². The van der Waals surface area contributed by atoms with E-state index in [-0.39, 0.29) is 41.0 Å². The van der Waals surface area contributed by atoms with Gasteiger partial charge in [-0.25, -0.2) is 4.79 Å². The molecule has 2 aromatic rings. The van der Waals surface area contributed by atoms with Crippen molar-refractivity contribution in [1.29, 1.82) is 0 Å². The lowest BCUT2D eigenvalue weighted by atomic mass is 9.63. The van der Waals surface area contributed by atoms with Crippen LogP contribution in [0.1, 0.15) is 22.5 Å². The number of furan rings is 1. The van der Waals surface area contributed by atoms with E-state index in [0.717, 1.165) is 11.4 Å². The number of carboxylic acids is 1. The molecule has 1 saturated heterocycles. The summed E-state index contributed by atoms with van der Waals surface area (Å²) in [6, 6.07) is 9.83. The molecule has 0 unspecified atom stereocenters. The largest absolute Gasteiger partial charge is 0.478 e. The molecule has 2 bridgehead atoms. The first-order chi connectivity index (χ1) is 14.5. The highest BCUT2D eigenvalue weighted by Gasteiger charge is 2.67. The van der Waals surface area contributed by atoms with Crippen molar-refractivity contribution in [2.75, 3.05) is 0 Å². The number of aromatic carboxylic acids is 1. The smallest absolute Gasteiger partial charge is 0.336 e. The number of carbonyl (C=O) groups is 3. The molecule has 7 rings (SSSR count). The van der Waals surface area contributed by atoms with Gasteiger partial charge in [0, 0.05) is 5.56 Å². The predicted octanol–water partition coefficient (Wildman–Crippen LogP) is 3.03. The lowest BCUT2D eigenvalue weighted by Gasteiger charge is -2.37. The Bertz CT molecular complexity index is 1130. The third kappa shape index (κ3) is 2.32. The number of nitrogens with zero attached hydrogens (tertiary/aromatic N) is 2. The number of hydrazone groups is 1. The number of allylic oxidation sites excluding steroid dienone is 2. The van der Waals surface area contributed by atoms with Gasteiger partial charge in [-0.15, -0.1) is 0 Å². The fourth-order valence-electron chi connectivity index (χ4n) is 5.62. The van der Waals surface area contributed by atoms with E-state index in [0.29, 0.717) is 28.9 Å². The molecule has 2 heterocycles. The van der Waals surface area contributed by atoms with E-state index in [9.17, 15) is 19.5 Å². The van der Waals surface area contributed by atoms with Crippen LogP contribution in [0.2, 0.25) is 0 Å². The van der Waals surface area contributed by atoms with Gasteiger partial charge in [-0.3, -0.25) is 9.59 Å². The Morgan fingerprint density at radius 2 is 1.70 bits per heavy atom. The number of hydrogen-bond donors (Lipinski definition) is 1. The molecule has 5 aliphatic rings. The average Bonchev–Trinajstić information content (AvgIpc) is 3.39. The molecule has 1 aromatic heterocycles. The fourth-order valence-corrected chi connectivity index (χ4v) is 5.62. The van der Waals surface area contributed by atoms with Crippen LogP contribution in [-0.4, -0.2) is 34.1 Å². The van der Waals surface area contributed by atoms with Crippen LogP contribution in [0.4, 0.5) is 0 Å². The number of hydrogen-bond acceptors (Lipinski definition) is 5. The summed E-state index contributed by atoms with van der Waals surface area (Å²) >= 11 is 0. The summed E-state index contributed by atoms with van der Waals surface area (Å²) < 4.78 is 5.71. The third-order valence-corrected chi connectivity index (χ3v) is 6.99. The normalized spacial score (nSPS) is 33.3. The molecule has 3 fully saturated rings. The van der Waals surface area contributed by atoms with Crippen molar-refractivity contribution in [3.63, 3.8) is 0 Å². The van der Waals surface area contributed by atoms with Crippen molar-refractivity contribution in [3.8, 4) is 11.3 Å². The van der Waals surface area contributed by atoms with Crippen LogP contribution in [0, 0.1) is 35.5 Å². The minimum atomic E-state index is -1.05. The van der Waals surface area contributed by atoms with Crippen molar-refractivity contribution in [2.24, 2.45) is 40.6 Å². The Balaban J connectivity index is 1.26. The highest BCUT2D eigenvalue weighted by molar-refractivity contribution is 6.06. The second-order valence-corrected chi connectivity index (χ2v) is 8.44. The second-order valence-electron chi connectivity index (χ2n) is 8.44. The van der Waals surface area contributed by atoms with Gasteiger partial charge in [-0.05, 0) is 48.3 Å². The zero-order valence-corrected chi connectivity index (χ0v) is 15.8. The summed E-state index contributed by atoms with van der Waals surface area (Å²) in [6.45, 7) is 0. The van der Waals surface area contributed by atoms with E-state index in [4.69, 9.17) is 4.42 Å². The summed E-state index contributed by atoms with van der Waals surface area (Å²) in [5, 5.41) is 14.5. The molecule has 30 heavy (non-hydrogen) atoms. The van der Waals surface area contributed by atoms with E-state index in [1.54, 1.807) is 30.3 Å². The zero-order chi connectivity index (χ0) is 20.6. The van der Waals surface area contributed by atoms with Crippen LogP contribution in [0.25, 0.3) is 11.3 Å². The number of benzene rings is 1. The van der Waals surface area contributed by atoms with Crippen LogP contribution in [0.5, 0.6) is 0 Å². The van der Waals surface area contributed by atoms with E-state index < -0.39 is 5.97 Å². The van der Waals surface area contributed by atoms with Crippen LogP contribution < -0.4 is 0 Å². The molecule has 1 aromatic carbocycles. The standard InChI is InChI=1S/C23H18N2O5/c26-21-19-13-6-7-14(17-9-16(13)17)20(19)22(27)25(21)24-10-11-5-8-18(30-11)12-3-1-2-4-15(12)23(28)29/h1-8,10,13-14,16-17,19-20H,9H2,(H,28,29)/b24-10-/t13-,14-,16-,17-,19+,20+/m1/s1. The SMILES string of the molecule is O=C(O)c1ccccc1-c1ccc(/C=N\N2C(=O)[C@H]3[C@@H]4C=C[C@H]([C@H]5C[C@H]45)[C@@H]3C2=O)o1. The van der Waals surface area contributed by atoms with Crippen molar-refractivity contribution >= 4 is 24.0 Å². The van der Waals surface area contributed by atoms with E-state index >= 15 is 0 Å². The monoisotopic (exact) mass is 402 g/mol. The second kappa shape index (κ2) is 6.01. The van der Waals surface area contributed by atoms with Crippen molar-refractivity contribution in [2.45, 2.75) is 6.42 Å². The molecule has 2 amide bonds. The Hall–Kier alpha value is -3.48. The van der Waals surface area contributed by atoms with Crippen LogP contribution in [-0.2, 0) is 9.59 Å². The Morgan fingerprint density at radius 1 is 1.03 bits per heavy atom. The van der Waals surface area contributed by atoms with Crippen molar-refractivity contribution in [3.05, 3.63) is 59.9 Å². The first-order valence-electron chi connectivity index (χ1n) is 10.1. The number of rotatable bonds is 4. The molecule has 7 nitrogen and oxygen atoms in total. The molecule has 0 spiro atoms. The first-order valence-corrected chi connectivity index (χ1v) is 10.1. The summed E-state index contributed by atoms with van der Waals surface area (Å²) in [4.78, 5) is 37.3. The van der Waals surface area contributed by atoms with E-state index in [2.05, 4.69) is 17.3 Å². The molecule has 6 atom stereocenters. The highest BCUT2D eigenvalue weighted by Crippen LogP contribution is 2.65. The third-order valence-electron chi connectivity index (χ3n) is 6.99. The van der Waals surface area contributed by atoms with Gasteiger partial charge in [-0.1, -0.05) is 30.4 Å². The van der Waals surface area contributed by atoms with Crippen molar-refractivity contribution in [1.82, 2.24) is 5.01 Å². The minimum Gasteiger partial charge on any atom is -0.478 e. The average molecular weight is 402 g/mol. The maximum absolute atomic E-state index is 12.9. The molecular weight excluding hydrogens is 384 g/mol. The van der Waals surface area contributed by atoms with Gasteiger partial charge >= 0.3 is 5.97 Å². The van der Waals surface area contributed by atoms with Gasteiger partial charge in [0.15, 0.2) is 0 Å². The molecule has 7 heteroatoms. The maximum atomic E-state index is 12.9. The number of carbonyl (C=O) groups excluding carboxylic acids is 2. The van der Waals surface area contributed by atoms with Gasteiger partial charge in [0.1, 0.15) is 11.5 Å². The van der Waals surface area contributed by atoms with E-state index in [1.807, 2.05) is 0 Å². The summed E-state index contributed by atoms with van der Waals surface area (Å²) in [6.07, 6.45) is 6.70. The molecule has 1 N–H and O–H groups in total. The number of carboxylic acid groups (broad SMARTS) is 1. The Kier molecular flexibility index (Phi) is 3.48. The summed E-state index contributed by atoms with van der Waals surface area (Å²) in [5.41, 5.74) is 0.580. The van der Waals surface area contributed by atoms with Crippen LogP contribution >= 0.6 is 0 Å². The Morgan fingerprint density at radius 3 is 2.37 bits per heavy atom. The van der Waals surface area contributed by atoms with Gasteiger partial charge in [0.25, 0.3) is 11.8 Å². The number of amides is 2. The Labute approximate surface area is 171 Å². The zero-order valence-electron chi connectivity index (χ0n) is 15.8. The number of imide groups is 1. The lowest BCUT2D eigenvalue weighted by molar-refractivity contribution is -0.140. The molecule has 1 aliphatic heterocycles. The first kappa shape index (κ1) is 17.4. The molecule has 4 aliphatic carbocycles. The highest BCUT2D eigenvalue weighted by atomic mass is 16.4. The topological polar surface area (TPSA) is 100 Å². The quantitative estimate of drug-likeness (QED) is 0.481. The van der Waals surface area contributed by atoms with E-state index in [1.165, 1.54) is 12.3 Å². The van der Waals surface area contributed by atoms with Gasteiger partial charge in [0.05, 0.1) is 23.6 Å². The predicted molar refractivity (Wildman–Crippen MR) is 105 cm³/mol. The maximum Gasteiger partial charge on any atom is 0.336 e. The van der Waals surface area contributed by atoms with Gasteiger partial charge in [0.2, 0.25) is 0 Å². The molecular formula is C23H18N2O5. The minimum absolute atomic E-state index is 0.130. The van der Waals surface area contributed by atoms with Crippen LogP contribution in [0.3, 0.4) is 0 Å². The molecule has 2 saturated carbocycles. The lowest BCUT2D eigenvalue weighted by Crippen LogP contribution is -2.40. The van der Waals surface area contributed by atoms with Gasteiger partial charge in [-0.2, -0.15) is 10.1 Å². The fraction of sp³-hybridized carbons (Fsp3) is 0.304. The summed E-state index contributed by atoms with van der Waals surface area (Å²) in [7, 11) is 0. The molecule has 150 valence electrons.